The molecule has 0 aliphatic carbocycles. The molecule has 2 heterocycles. The summed E-state index contributed by atoms with van der Waals surface area (Å²) in [5, 5.41) is 0.700. The Morgan fingerprint density at radius 1 is 0.862 bits per heavy atom. The highest BCUT2D eigenvalue weighted by Gasteiger charge is 2.27. The number of hydrogen-bond donors (Lipinski definition) is 0. The van der Waals surface area contributed by atoms with Gasteiger partial charge in [-0.25, -0.2) is 8.42 Å². The smallest absolute Gasteiger partial charge is 0.254 e. The van der Waals surface area contributed by atoms with Crippen molar-refractivity contribution in [3.63, 3.8) is 0 Å². The van der Waals surface area contributed by atoms with E-state index >= 15 is 0 Å². The SMILES string of the molecule is O=C(c1cccc(N2CCCCS2(=O)=O)c1)N1CCN(c2cccc(Cl)c2)CC1. The minimum atomic E-state index is -3.29. The number of benzene rings is 2. The first kappa shape index (κ1) is 20.0. The van der Waals surface area contributed by atoms with E-state index in [1.807, 2.05) is 29.2 Å². The van der Waals surface area contributed by atoms with Crippen LogP contribution in [0.4, 0.5) is 11.4 Å². The van der Waals surface area contributed by atoms with Crippen LogP contribution in [0.15, 0.2) is 48.5 Å². The molecule has 4 rings (SSSR count). The minimum absolute atomic E-state index is 0.0630. The molecule has 2 aliphatic heterocycles. The van der Waals surface area contributed by atoms with Crippen molar-refractivity contribution in [3.8, 4) is 0 Å². The number of amides is 1. The van der Waals surface area contributed by atoms with Crippen LogP contribution >= 0.6 is 11.6 Å². The van der Waals surface area contributed by atoms with Gasteiger partial charge in [-0.3, -0.25) is 9.10 Å². The Morgan fingerprint density at radius 2 is 1.59 bits per heavy atom. The molecule has 2 saturated heterocycles. The highest BCUT2D eigenvalue weighted by Crippen LogP contribution is 2.26. The Bertz CT molecular complexity index is 1000. The van der Waals surface area contributed by atoms with E-state index in [0.29, 0.717) is 42.3 Å². The third-order valence-corrected chi connectivity index (χ3v) is 7.58. The van der Waals surface area contributed by atoms with Crippen molar-refractivity contribution in [2.45, 2.75) is 12.8 Å². The zero-order valence-corrected chi connectivity index (χ0v) is 17.7. The standard InChI is InChI=1S/C21H24ClN3O3S/c22-18-6-4-7-19(16-18)23-10-12-24(13-11-23)21(26)17-5-3-8-20(15-17)25-9-1-2-14-29(25,27)28/h3-8,15-16H,1-2,9-14H2. The van der Waals surface area contributed by atoms with E-state index in [4.69, 9.17) is 11.6 Å². The summed E-state index contributed by atoms with van der Waals surface area (Å²) in [5.41, 5.74) is 2.16. The number of hydrogen-bond acceptors (Lipinski definition) is 4. The van der Waals surface area contributed by atoms with Gasteiger partial charge in [-0.1, -0.05) is 23.7 Å². The van der Waals surface area contributed by atoms with E-state index < -0.39 is 10.0 Å². The quantitative estimate of drug-likeness (QED) is 0.745. The average Bonchev–Trinajstić information content (AvgIpc) is 2.73. The summed E-state index contributed by atoms with van der Waals surface area (Å²) in [4.78, 5) is 17.1. The number of carbonyl (C=O) groups excluding carboxylic acids is 1. The van der Waals surface area contributed by atoms with Crippen LogP contribution in [-0.4, -0.2) is 57.7 Å². The summed E-state index contributed by atoms with van der Waals surface area (Å²) in [6.07, 6.45) is 1.53. The molecule has 0 spiro atoms. The second kappa shape index (κ2) is 8.24. The topological polar surface area (TPSA) is 60.9 Å². The molecule has 0 atom stereocenters. The lowest BCUT2D eigenvalue weighted by molar-refractivity contribution is 0.0747. The van der Waals surface area contributed by atoms with Gasteiger partial charge >= 0.3 is 0 Å². The molecular formula is C21H24ClN3O3S. The number of carbonyl (C=O) groups is 1. The Morgan fingerprint density at radius 3 is 2.31 bits per heavy atom. The molecule has 2 aromatic carbocycles. The van der Waals surface area contributed by atoms with Crippen molar-refractivity contribution in [3.05, 3.63) is 59.1 Å². The normalized spacial score (nSPS) is 19.3. The molecular weight excluding hydrogens is 410 g/mol. The van der Waals surface area contributed by atoms with Crippen LogP contribution in [0.25, 0.3) is 0 Å². The van der Waals surface area contributed by atoms with Crippen LogP contribution in [0.3, 0.4) is 0 Å². The molecule has 0 unspecified atom stereocenters. The first-order chi connectivity index (χ1) is 13.9. The van der Waals surface area contributed by atoms with Crippen LogP contribution < -0.4 is 9.21 Å². The van der Waals surface area contributed by atoms with E-state index in [9.17, 15) is 13.2 Å². The molecule has 154 valence electrons. The first-order valence-corrected chi connectivity index (χ1v) is 11.8. The van der Waals surface area contributed by atoms with E-state index in [1.165, 1.54) is 4.31 Å². The molecule has 2 aliphatic rings. The number of halogens is 1. The van der Waals surface area contributed by atoms with Gasteiger partial charge < -0.3 is 9.80 Å². The van der Waals surface area contributed by atoms with Crippen LogP contribution in [-0.2, 0) is 10.0 Å². The van der Waals surface area contributed by atoms with Gasteiger partial charge in [-0.2, -0.15) is 0 Å². The van der Waals surface area contributed by atoms with Gasteiger partial charge in [0, 0.05) is 49.0 Å². The number of piperazine rings is 1. The maximum atomic E-state index is 13.0. The number of nitrogens with zero attached hydrogens (tertiary/aromatic N) is 3. The maximum absolute atomic E-state index is 13.0. The van der Waals surface area contributed by atoms with Gasteiger partial charge in [0.15, 0.2) is 0 Å². The van der Waals surface area contributed by atoms with Gasteiger partial charge in [-0.15, -0.1) is 0 Å². The van der Waals surface area contributed by atoms with Crippen molar-refractivity contribution in [2.24, 2.45) is 0 Å². The average molecular weight is 434 g/mol. The summed E-state index contributed by atoms with van der Waals surface area (Å²) in [7, 11) is -3.29. The van der Waals surface area contributed by atoms with E-state index in [0.717, 1.165) is 25.2 Å². The predicted octanol–water partition coefficient (Wildman–Crippen LogP) is 3.23. The Labute approximate surface area is 176 Å². The molecule has 0 bridgehead atoms. The molecule has 2 aromatic rings. The summed E-state index contributed by atoms with van der Waals surface area (Å²) >= 11 is 6.08. The molecule has 0 radical (unpaired) electrons. The fraction of sp³-hybridized carbons (Fsp3) is 0.381. The fourth-order valence-corrected chi connectivity index (χ4v) is 5.71. The van der Waals surface area contributed by atoms with E-state index in [2.05, 4.69) is 4.90 Å². The molecule has 0 saturated carbocycles. The number of sulfonamides is 1. The molecule has 2 fully saturated rings. The van der Waals surface area contributed by atoms with Crippen LogP contribution in [0.2, 0.25) is 5.02 Å². The van der Waals surface area contributed by atoms with E-state index in [1.54, 1.807) is 24.3 Å². The molecule has 0 N–H and O–H groups in total. The van der Waals surface area contributed by atoms with Crippen LogP contribution in [0, 0.1) is 0 Å². The van der Waals surface area contributed by atoms with Gasteiger partial charge in [0.25, 0.3) is 5.91 Å². The Kier molecular flexibility index (Phi) is 5.69. The third kappa shape index (κ3) is 4.36. The largest absolute Gasteiger partial charge is 0.368 e. The van der Waals surface area contributed by atoms with Gasteiger partial charge in [0.05, 0.1) is 11.4 Å². The predicted molar refractivity (Wildman–Crippen MR) is 116 cm³/mol. The zero-order chi connectivity index (χ0) is 20.4. The van der Waals surface area contributed by atoms with E-state index in [-0.39, 0.29) is 11.7 Å². The number of anilines is 2. The Balaban J connectivity index is 1.45. The fourth-order valence-electron chi connectivity index (χ4n) is 3.90. The van der Waals surface area contributed by atoms with Crippen molar-refractivity contribution in [2.75, 3.05) is 47.7 Å². The van der Waals surface area contributed by atoms with Crippen LogP contribution in [0.1, 0.15) is 23.2 Å². The highest BCUT2D eigenvalue weighted by molar-refractivity contribution is 7.92. The molecule has 1 amide bonds. The Hall–Kier alpha value is -2.25. The van der Waals surface area contributed by atoms with Crippen molar-refractivity contribution in [1.29, 1.82) is 0 Å². The molecule has 6 nitrogen and oxygen atoms in total. The summed E-state index contributed by atoms with van der Waals surface area (Å²) in [6, 6.07) is 14.7. The molecule has 8 heteroatoms. The lowest BCUT2D eigenvalue weighted by atomic mass is 10.1. The highest BCUT2D eigenvalue weighted by atomic mass is 35.5. The zero-order valence-electron chi connectivity index (χ0n) is 16.1. The monoisotopic (exact) mass is 433 g/mol. The summed E-state index contributed by atoms with van der Waals surface area (Å²) in [6.45, 7) is 3.14. The summed E-state index contributed by atoms with van der Waals surface area (Å²) < 4.78 is 26.2. The van der Waals surface area contributed by atoms with Crippen molar-refractivity contribution < 1.29 is 13.2 Å². The van der Waals surface area contributed by atoms with Crippen molar-refractivity contribution in [1.82, 2.24) is 4.90 Å². The second-order valence-corrected chi connectivity index (χ2v) is 9.85. The van der Waals surface area contributed by atoms with Gasteiger partial charge in [-0.05, 0) is 49.2 Å². The maximum Gasteiger partial charge on any atom is 0.254 e. The lowest BCUT2D eigenvalue weighted by Crippen LogP contribution is -2.48. The van der Waals surface area contributed by atoms with Gasteiger partial charge in [0.1, 0.15) is 0 Å². The lowest BCUT2D eigenvalue weighted by Gasteiger charge is -2.36. The van der Waals surface area contributed by atoms with Gasteiger partial charge in [0.2, 0.25) is 10.0 Å². The van der Waals surface area contributed by atoms with Crippen LogP contribution in [0.5, 0.6) is 0 Å². The first-order valence-electron chi connectivity index (χ1n) is 9.84. The minimum Gasteiger partial charge on any atom is -0.368 e. The molecule has 29 heavy (non-hydrogen) atoms. The summed E-state index contributed by atoms with van der Waals surface area (Å²) in [5.74, 6) is 0.100. The third-order valence-electron chi connectivity index (χ3n) is 5.47. The van der Waals surface area contributed by atoms with Crippen molar-refractivity contribution >= 4 is 38.9 Å². The molecule has 0 aromatic heterocycles. The second-order valence-electron chi connectivity index (χ2n) is 7.40. The number of rotatable bonds is 3.